The van der Waals surface area contributed by atoms with E-state index in [2.05, 4.69) is 5.32 Å². The van der Waals surface area contributed by atoms with Gasteiger partial charge in [-0.1, -0.05) is 6.07 Å². The van der Waals surface area contributed by atoms with Crippen LogP contribution in [0.25, 0.3) is 0 Å². The Balaban J connectivity index is 1.44. The molecule has 4 rings (SSSR count). The predicted molar refractivity (Wildman–Crippen MR) is 127 cm³/mol. The molecule has 186 valence electrons. The highest BCUT2D eigenvalue weighted by Crippen LogP contribution is 2.31. The van der Waals surface area contributed by atoms with Crippen LogP contribution in [0, 0.1) is 5.92 Å². The minimum Gasteiger partial charge on any atom is -0.495 e. The summed E-state index contributed by atoms with van der Waals surface area (Å²) in [4.78, 5) is 12.9. The highest BCUT2D eigenvalue weighted by atomic mass is 32.2. The van der Waals surface area contributed by atoms with E-state index in [9.17, 15) is 21.6 Å². The van der Waals surface area contributed by atoms with Crippen LogP contribution in [0.5, 0.6) is 5.75 Å². The minimum atomic E-state index is -3.83. The summed E-state index contributed by atoms with van der Waals surface area (Å²) in [5.41, 5.74) is 0.339. The Morgan fingerprint density at radius 2 is 1.71 bits per heavy atom. The molecular weight excluding hydrogens is 502 g/mol. The van der Waals surface area contributed by atoms with Crippen LogP contribution in [0.4, 0.5) is 5.69 Å². The Morgan fingerprint density at radius 3 is 2.32 bits per heavy atom. The monoisotopic (exact) mass is 529 g/mol. The molecule has 0 saturated carbocycles. The Bertz CT molecular complexity index is 1220. The van der Waals surface area contributed by atoms with Gasteiger partial charge in [0.25, 0.3) is 10.0 Å². The molecule has 0 bridgehead atoms. The molecule has 1 amide bonds. The lowest BCUT2D eigenvalue weighted by Gasteiger charge is -2.30. The average molecular weight is 530 g/mol. The largest absolute Gasteiger partial charge is 0.495 e. The van der Waals surface area contributed by atoms with Crippen LogP contribution in [-0.2, 0) is 29.6 Å². The Kier molecular flexibility index (Phi) is 7.60. The van der Waals surface area contributed by atoms with Crippen LogP contribution in [0.1, 0.15) is 12.8 Å². The molecule has 10 nitrogen and oxygen atoms in total. The summed E-state index contributed by atoms with van der Waals surface area (Å²) in [6.07, 6.45) is 0.761. The number of thiophene rings is 1. The Morgan fingerprint density at radius 1 is 1.03 bits per heavy atom. The summed E-state index contributed by atoms with van der Waals surface area (Å²) in [5, 5.41) is 4.51. The summed E-state index contributed by atoms with van der Waals surface area (Å²) >= 11 is 1.17. The first kappa shape index (κ1) is 25.1. The number of sulfonamides is 2. The van der Waals surface area contributed by atoms with E-state index in [-0.39, 0.29) is 48.6 Å². The number of carbonyl (C=O) groups excluding carboxylic acids is 1. The minimum absolute atomic E-state index is 0.0217. The van der Waals surface area contributed by atoms with E-state index in [0.717, 1.165) is 0 Å². The molecule has 0 spiro atoms. The van der Waals surface area contributed by atoms with Crippen LogP contribution in [0.15, 0.2) is 44.8 Å². The molecular formula is C21H27N3O7S3. The molecule has 2 aliphatic rings. The molecule has 0 radical (unpaired) electrons. The number of nitrogens with one attached hydrogen (secondary N) is 1. The summed E-state index contributed by atoms with van der Waals surface area (Å²) in [6, 6.07) is 7.77. The summed E-state index contributed by atoms with van der Waals surface area (Å²) in [6.45, 7) is 1.62. The molecule has 34 heavy (non-hydrogen) atoms. The number of ether oxygens (including phenoxy) is 2. The first-order valence-electron chi connectivity index (χ1n) is 10.8. The van der Waals surface area contributed by atoms with Gasteiger partial charge in [0.15, 0.2) is 0 Å². The second-order valence-electron chi connectivity index (χ2n) is 7.98. The standard InChI is InChI=1S/C21H27N3O7S3/c1-30-18-5-4-17(15-19(18)33(26,27)24-10-12-31-13-11-24)22-21(25)16-6-8-23(9-7-16)34(28,29)20-3-2-14-32-20/h2-5,14-16H,6-13H2,1H3,(H,22,25). The number of hydrogen-bond acceptors (Lipinski definition) is 8. The molecule has 1 aromatic heterocycles. The fourth-order valence-corrected chi connectivity index (χ4v) is 8.23. The van der Waals surface area contributed by atoms with Gasteiger partial charge in [0, 0.05) is 37.8 Å². The van der Waals surface area contributed by atoms with E-state index in [1.807, 2.05) is 0 Å². The van der Waals surface area contributed by atoms with Gasteiger partial charge >= 0.3 is 0 Å². The number of benzene rings is 1. The predicted octanol–water partition coefficient (Wildman–Crippen LogP) is 1.82. The lowest BCUT2D eigenvalue weighted by molar-refractivity contribution is -0.120. The van der Waals surface area contributed by atoms with Crippen molar-refractivity contribution in [1.29, 1.82) is 0 Å². The maximum Gasteiger partial charge on any atom is 0.252 e. The molecule has 1 N–H and O–H groups in total. The SMILES string of the molecule is COc1ccc(NC(=O)C2CCN(S(=O)(=O)c3cccs3)CC2)cc1S(=O)(=O)N1CCOCC1. The van der Waals surface area contributed by atoms with Gasteiger partial charge in [-0.05, 0) is 42.5 Å². The zero-order valence-corrected chi connectivity index (χ0v) is 21.1. The number of nitrogens with zero attached hydrogens (tertiary/aromatic N) is 2. The summed E-state index contributed by atoms with van der Waals surface area (Å²) < 4.78 is 65.2. The number of methoxy groups -OCH3 is 1. The highest BCUT2D eigenvalue weighted by molar-refractivity contribution is 7.91. The van der Waals surface area contributed by atoms with Crippen LogP contribution < -0.4 is 10.1 Å². The maximum absolute atomic E-state index is 13.2. The topological polar surface area (TPSA) is 122 Å². The van der Waals surface area contributed by atoms with Gasteiger partial charge < -0.3 is 14.8 Å². The fourth-order valence-electron chi connectivity index (χ4n) is 4.02. The van der Waals surface area contributed by atoms with Gasteiger partial charge in [0.2, 0.25) is 15.9 Å². The quantitative estimate of drug-likeness (QED) is 0.580. The lowest BCUT2D eigenvalue weighted by atomic mass is 9.97. The zero-order valence-electron chi connectivity index (χ0n) is 18.7. The van der Waals surface area contributed by atoms with Crippen LogP contribution in [0.2, 0.25) is 0 Å². The second kappa shape index (κ2) is 10.3. The van der Waals surface area contributed by atoms with Crippen molar-refractivity contribution in [3.8, 4) is 5.75 Å². The van der Waals surface area contributed by atoms with Crippen molar-refractivity contribution in [3.63, 3.8) is 0 Å². The highest BCUT2D eigenvalue weighted by Gasteiger charge is 2.33. The van der Waals surface area contributed by atoms with Crippen LogP contribution in [0.3, 0.4) is 0 Å². The normalized spacial score (nSPS) is 19.1. The number of hydrogen-bond donors (Lipinski definition) is 1. The molecule has 0 aliphatic carbocycles. The number of piperidine rings is 1. The lowest BCUT2D eigenvalue weighted by Crippen LogP contribution is -2.41. The third-order valence-corrected chi connectivity index (χ3v) is 11.1. The van der Waals surface area contributed by atoms with E-state index in [4.69, 9.17) is 9.47 Å². The number of anilines is 1. The van der Waals surface area contributed by atoms with Crippen molar-refractivity contribution in [2.75, 3.05) is 51.8 Å². The van der Waals surface area contributed by atoms with Crippen molar-refractivity contribution in [2.24, 2.45) is 5.92 Å². The van der Waals surface area contributed by atoms with Crippen LogP contribution >= 0.6 is 11.3 Å². The van der Waals surface area contributed by atoms with Crippen molar-refractivity contribution < 1.29 is 31.1 Å². The van der Waals surface area contributed by atoms with Gasteiger partial charge in [-0.2, -0.15) is 8.61 Å². The fraction of sp³-hybridized carbons (Fsp3) is 0.476. The van der Waals surface area contributed by atoms with E-state index in [1.54, 1.807) is 23.6 Å². The number of morpholine rings is 1. The van der Waals surface area contributed by atoms with Crippen molar-refractivity contribution in [2.45, 2.75) is 21.9 Å². The first-order valence-corrected chi connectivity index (χ1v) is 14.6. The molecule has 3 heterocycles. The second-order valence-corrected chi connectivity index (χ2v) is 13.0. The Labute approximate surface area is 203 Å². The smallest absolute Gasteiger partial charge is 0.252 e. The summed E-state index contributed by atoms with van der Waals surface area (Å²) in [7, 11) is -5.98. The van der Waals surface area contributed by atoms with E-state index >= 15 is 0 Å². The first-order chi connectivity index (χ1) is 16.2. The van der Waals surface area contributed by atoms with Crippen molar-refractivity contribution in [1.82, 2.24) is 8.61 Å². The van der Waals surface area contributed by atoms with Crippen molar-refractivity contribution >= 4 is 43.0 Å². The number of amides is 1. The van der Waals surface area contributed by atoms with E-state index in [0.29, 0.717) is 36.0 Å². The maximum atomic E-state index is 13.2. The van der Waals surface area contributed by atoms with Gasteiger partial charge in [0.1, 0.15) is 14.9 Å². The third kappa shape index (κ3) is 5.14. The van der Waals surface area contributed by atoms with E-state index < -0.39 is 20.0 Å². The molecule has 2 aromatic rings. The number of carbonyl (C=O) groups is 1. The van der Waals surface area contributed by atoms with Gasteiger partial charge in [-0.25, -0.2) is 16.8 Å². The molecule has 2 aliphatic heterocycles. The van der Waals surface area contributed by atoms with Gasteiger partial charge in [-0.3, -0.25) is 4.79 Å². The van der Waals surface area contributed by atoms with Crippen LogP contribution in [-0.4, -0.2) is 77.9 Å². The van der Waals surface area contributed by atoms with E-state index in [1.165, 1.54) is 39.2 Å². The van der Waals surface area contributed by atoms with Gasteiger partial charge in [-0.15, -0.1) is 11.3 Å². The average Bonchev–Trinajstić information content (AvgIpc) is 3.41. The third-order valence-electron chi connectivity index (χ3n) is 5.93. The molecule has 0 atom stereocenters. The van der Waals surface area contributed by atoms with Gasteiger partial charge in [0.05, 0.1) is 20.3 Å². The molecule has 0 unspecified atom stereocenters. The molecule has 2 saturated heterocycles. The summed E-state index contributed by atoms with van der Waals surface area (Å²) in [5.74, 6) is -0.458. The number of rotatable bonds is 7. The molecule has 2 fully saturated rings. The molecule has 13 heteroatoms. The zero-order chi connectivity index (χ0) is 24.3. The Hall–Kier alpha value is -2.03. The van der Waals surface area contributed by atoms with Crippen molar-refractivity contribution in [3.05, 3.63) is 35.7 Å². The molecule has 1 aromatic carbocycles.